The highest BCUT2D eigenvalue weighted by atomic mass is 35.5. The largest absolute Gasteiger partial charge is 0.313 e. The highest BCUT2D eigenvalue weighted by Crippen LogP contribution is 2.24. The summed E-state index contributed by atoms with van der Waals surface area (Å²) < 4.78 is 0. The van der Waals surface area contributed by atoms with Gasteiger partial charge in [0.15, 0.2) is 0 Å². The van der Waals surface area contributed by atoms with Crippen molar-refractivity contribution in [1.29, 1.82) is 0 Å². The van der Waals surface area contributed by atoms with E-state index in [0.29, 0.717) is 0 Å². The van der Waals surface area contributed by atoms with Crippen molar-refractivity contribution in [3.05, 3.63) is 41.0 Å². The topological polar surface area (TPSA) is 28.2 Å². The van der Waals surface area contributed by atoms with Crippen LogP contribution in [-0.4, -0.2) is 36.1 Å². The van der Waals surface area contributed by atoms with Crippen LogP contribution in [0.1, 0.15) is 24.8 Å². The molecule has 1 fully saturated rings. The third kappa shape index (κ3) is 3.73. The highest BCUT2D eigenvalue weighted by molar-refractivity contribution is 6.35. The molecule has 2 aromatic rings. The number of fused-ring (bicyclic) bond motifs is 1. The summed E-state index contributed by atoms with van der Waals surface area (Å²) in [5.41, 5.74) is 2.23. The molecule has 1 aromatic carbocycles. The molecule has 0 aliphatic carbocycles. The maximum atomic E-state index is 6.22. The first kappa shape index (κ1) is 14.8. The first-order valence-corrected chi connectivity index (χ1v) is 8.17. The van der Waals surface area contributed by atoms with Crippen LogP contribution in [0.15, 0.2) is 30.5 Å². The minimum Gasteiger partial charge on any atom is -0.313 e. The molecule has 21 heavy (non-hydrogen) atoms. The van der Waals surface area contributed by atoms with E-state index in [0.717, 1.165) is 29.0 Å². The van der Waals surface area contributed by atoms with Crippen LogP contribution in [0.25, 0.3) is 10.9 Å². The Labute approximate surface area is 131 Å². The molecule has 4 heteroatoms. The van der Waals surface area contributed by atoms with Crippen molar-refractivity contribution in [3.63, 3.8) is 0 Å². The standard InChI is InChI=1S/C17H22ClN3/c18-16-7-6-14(17-15(16)5-3-9-20-17)13-19-8-4-12-21-10-1-2-11-21/h3,5-7,9,19H,1-2,4,8,10-13H2. The predicted molar refractivity (Wildman–Crippen MR) is 88.8 cm³/mol. The molecule has 1 aliphatic rings. The van der Waals surface area contributed by atoms with Crippen LogP contribution in [-0.2, 0) is 6.54 Å². The lowest BCUT2D eigenvalue weighted by Crippen LogP contribution is -2.24. The second-order valence-electron chi connectivity index (χ2n) is 5.69. The van der Waals surface area contributed by atoms with E-state index < -0.39 is 0 Å². The number of rotatable bonds is 6. The summed E-state index contributed by atoms with van der Waals surface area (Å²) in [4.78, 5) is 7.03. The first-order valence-electron chi connectivity index (χ1n) is 7.80. The molecule has 0 spiro atoms. The van der Waals surface area contributed by atoms with Gasteiger partial charge in [-0.3, -0.25) is 4.98 Å². The van der Waals surface area contributed by atoms with E-state index in [2.05, 4.69) is 21.3 Å². The second kappa shape index (κ2) is 7.21. The lowest BCUT2D eigenvalue weighted by molar-refractivity contribution is 0.331. The van der Waals surface area contributed by atoms with Gasteiger partial charge in [-0.05, 0) is 69.2 Å². The number of hydrogen-bond acceptors (Lipinski definition) is 3. The van der Waals surface area contributed by atoms with Crippen LogP contribution < -0.4 is 5.32 Å². The van der Waals surface area contributed by atoms with Gasteiger partial charge in [-0.1, -0.05) is 17.7 Å². The Balaban J connectivity index is 1.52. The van der Waals surface area contributed by atoms with Crippen molar-refractivity contribution in [2.45, 2.75) is 25.8 Å². The van der Waals surface area contributed by atoms with Crippen LogP contribution >= 0.6 is 11.6 Å². The lowest BCUT2D eigenvalue weighted by Gasteiger charge is -2.14. The molecule has 3 nitrogen and oxygen atoms in total. The van der Waals surface area contributed by atoms with E-state index in [9.17, 15) is 0 Å². The van der Waals surface area contributed by atoms with Gasteiger partial charge < -0.3 is 10.2 Å². The van der Waals surface area contributed by atoms with Gasteiger partial charge in [-0.2, -0.15) is 0 Å². The number of nitrogens with zero attached hydrogens (tertiary/aromatic N) is 2. The van der Waals surface area contributed by atoms with E-state index >= 15 is 0 Å². The molecule has 2 heterocycles. The zero-order valence-electron chi connectivity index (χ0n) is 12.3. The lowest BCUT2D eigenvalue weighted by atomic mass is 10.1. The monoisotopic (exact) mass is 303 g/mol. The van der Waals surface area contributed by atoms with Gasteiger partial charge >= 0.3 is 0 Å². The van der Waals surface area contributed by atoms with Crippen LogP contribution in [0.2, 0.25) is 5.02 Å². The Morgan fingerprint density at radius 2 is 2.05 bits per heavy atom. The molecule has 0 bridgehead atoms. The van der Waals surface area contributed by atoms with Crippen molar-refractivity contribution < 1.29 is 0 Å². The average molecular weight is 304 g/mol. The van der Waals surface area contributed by atoms with E-state index in [1.54, 1.807) is 0 Å². The van der Waals surface area contributed by atoms with Gasteiger partial charge in [0.25, 0.3) is 0 Å². The summed E-state index contributed by atoms with van der Waals surface area (Å²) in [7, 11) is 0. The molecule has 1 N–H and O–H groups in total. The second-order valence-corrected chi connectivity index (χ2v) is 6.09. The van der Waals surface area contributed by atoms with Crippen LogP contribution in [0.5, 0.6) is 0 Å². The van der Waals surface area contributed by atoms with Crippen molar-refractivity contribution in [2.75, 3.05) is 26.2 Å². The van der Waals surface area contributed by atoms with Crippen molar-refractivity contribution in [3.8, 4) is 0 Å². The molecular weight excluding hydrogens is 282 g/mol. The summed E-state index contributed by atoms with van der Waals surface area (Å²) >= 11 is 6.22. The smallest absolute Gasteiger partial charge is 0.0761 e. The minimum absolute atomic E-state index is 0.774. The summed E-state index contributed by atoms with van der Waals surface area (Å²) in [5, 5.41) is 5.34. The fourth-order valence-electron chi connectivity index (χ4n) is 3.00. The first-order chi connectivity index (χ1) is 10.3. The summed E-state index contributed by atoms with van der Waals surface area (Å²) in [6.07, 6.45) is 5.78. The maximum Gasteiger partial charge on any atom is 0.0761 e. The quantitative estimate of drug-likeness (QED) is 0.828. The normalized spacial score (nSPS) is 15.9. The summed E-state index contributed by atoms with van der Waals surface area (Å²) in [6, 6.07) is 8.00. The van der Waals surface area contributed by atoms with Gasteiger partial charge in [0.1, 0.15) is 0 Å². The molecule has 0 radical (unpaired) electrons. The van der Waals surface area contributed by atoms with E-state index in [1.165, 1.54) is 44.5 Å². The van der Waals surface area contributed by atoms with Crippen molar-refractivity contribution in [1.82, 2.24) is 15.2 Å². The van der Waals surface area contributed by atoms with Gasteiger partial charge in [-0.15, -0.1) is 0 Å². The average Bonchev–Trinajstić information content (AvgIpc) is 3.03. The number of likely N-dealkylation sites (tertiary alicyclic amines) is 1. The Morgan fingerprint density at radius 1 is 1.19 bits per heavy atom. The number of halogens is 1. The predicted octanol–water partition coefficient (Wildman–Crippen LogP) is 3.46. The Morgan fingerprint density at radius 3 is 2.90 bits per heavy atom. The van der Waals surface area contributed by atoms with E-state index in [1.807, 2.05) is 24.4 Å². The van der Waals surface area contributed by atoms with Crippen LogP contribution in [0.3, 0.4) is 0 Å². The SMILES string of the molecule is Clc1ccc(CNCCCN2CCCC2)c2ncccc12. The number of nitrogens with one attached hydrogen (secondary N) is 1. The van der Waals surface area contributed by atoms with Gasteiger partial charge in [0, 0.05) is 23.2 Å². The maximum absolute atomic E-state index is 6.22. The third-order valence-electron chi connectivity index (χ3n) is 4.14. The Kier molecular flexibility index (Phi) is 5.07. The van der Waals surface area contributed by atoms with Gasteiger partial charge in [0.05, 0.1) is 5.52 Å². The zero-order valence-corrected chi connectivity index (χ0v) is 13.1. The fraction of sp³-hybridized carbons (Fsp3) is 0.471. The number of aromatic nitrogens is 1. The van der Waals surface area contributed by atoms with E-state index in [4.69, 9.17) is 11.6 Å². The Hall–Kier alpha value is -1.16. The molecule has 0 amide bonds. The fourth-order valence-corrected chi connectivity index (χ4v) is 3.21. The van der Waals surface area contributed by atoms with Crippen LogP contribution in [0.4, 0.5) is 0 Å². The third-order valence-corrected chi connectivity index (χ3v) is 4.47. The molecule has 1 saturated heterocycles. The number of hydrogen-bond donors (Lipinski definition) is 1. The minimum atomic E-state index is 0.774. The summed E-state index contributed by atoms with van der Waals surface area (Å²) in [5.74, 6) is 0. The van der Waals surface area contributed by atoms with Gasteiger partial charge in [0.2, 0.25) is 0 Å². The summed E-state index contributed by atoms with van der Waals surface area (Å²) in [6.45, 7) is 5.68. The molecule has 1 aromatic heterocycles. The van der Waals surface area contributed by atoms with Crippen LogP contribution in [0, 0.1) is 0 Å². The molecule has 112 valence electrons. The molecule has 1 aliphatic heterocycles. The Bertz CT molecular complexity index is 594. The highest BCUT2D eigenvalue weighted by Gasteiger charge is 2.10. The molecule has 0 unspecified atom stereocenters. The number of pyridine rings is 1. The number of benzene rings is 1. The zero-order chi connectivity index (χ0) is 14.5. The van der Waals surface area contributed by atoms with Gasteiger partial charge in [-0.25, -0.2) is 0 Å². The molecule has 3 rings (SSSR count). The van der Waals surface area contributed by atoms with Crippen molar-refractivity contribution in [2.24, 2.45) is 0 Å². The van der Waals surface area contributed by atoms with E-state index in [-0.39, 0.29) is 0 Å². The van der Waals surface area contributed by atoms with Crippen molar-refractivity contribution >= 4 is 22.5 Å². The molecule has 0 saturated carbocycles. The molecular formula is C17H22ClN3. The molecule has 0 atom stereocenters.